The maximum absolute atomic E-state index is 13.1. The molecule has 0 bridgehead atoms. The molecule has 1 aliphatic rings. The second-order valence-electron chi connectivity index (χ2n) is 26.9. The Labute approximate surface area is 710 Å². The summed E-state index contributed by atoms with van der Waals surface area (Å²) >= 11 is 16.0. The predicted molar refractivity (Wildman–Crippen MR) is 366 cm³/mol. The summed E-state index contributed by atoms with van der Waals surface area (Å²) in [5.74, 6) is -11.3. The van der Waals surface area contributed by atoms with E-state index in [-0.39, 0.29) is 159 Å². The van der Waals surface area contributed by atoms with Crippen LogP contribution in [0.3, 0.4) is 0 Å². The van der Waals surface area contributed by atoms with Crippen molar-refractivity contribution >= 4 is 85.0 Å². The Morgan fingerprint density at radius 1 is 0.414 bits per heavy atom. The molecule has 53 heteroatoms. The minimum absolute atomic E-state index is 0. The van der Waals surface area contributed by atoms with Gasteiger partial charge in [-0.3, -0.25) is 23.0 Å². The maximum atomic E-state index is 13.1. The van der Waals surface area contributed by atoms with Gasteiger partial charge in [0.15, 0.2) is 0 Å². The largest absolute Gasteiger partial charge is 1.00 e. The second kappa shape index (κ2) is 42.9. The molecule has 0 spiro atoms. The number of rotatable bonds is 13. The topological polar surface area (TPSA) is 304 Å². The quantitative estimate of drug-likeness (QED) is 0.0369. The Bertz CT molecular complexity index is 4310. The molecular weight excluding hydrogens is 1730 g/mol. The van der Waals surface area contributed by atoms with Gasteiger partial charge in [0.1, 0.15) is 32.3 Å². The molecule has 116 heavy (non-hydrogen) atoms. The summed E-state index contributed by atoms with van der Waals surface area (Å²) in [6.45, 7) is 22.3. The van der Waals surface area contributed by atoms with E-state index >= 15 is 0 Å². The number of ether oxygens (including phenoxy) is 3. The summed E-state index contributed by atoms with van der Waals surface area (Å²) in [5.41, 5.74) is 1.46. The van der Waals surface area contributed by atoms with Gasteiger partial charge in [0.2, 0.25) is 40.8 Å². The summed E-state index contributed by atoms with van der Waals surface area (Å²) < 4.78 is 312. The van der Waals surface area contributed by atoms with Crippen molar-refractivity contribution in [3.8, 4) is 22.5 Å². The summed E-state index contributed by atoms with van der Waals surface area (Å²) in [4.78, 5) is 78.6. The average Bonchev–Trinajstić information content (AvgIpc) is 1.67. The normalized spacial score (nSPS) is 13.6. The van der Waals surface area contributed by atoms with Crippen molar-refractivity contribution in [3.63, 3.8) is 0 Å². The number of aryl methyl sites for hydroxylation is 2. The van der Waals surface area contributed by atoms with E-state index in [0.717, 1.165) is 55.4 Å². The second-order valence-corrected chi connectivity index (χ2v) is 28.0. The Balaban J connectivity index is 0.00000141. The average molecular weight is 1800 g/mol. The molecule has 8 rings (SSSR count). The zero-order valence-electron chi connectivity index (χ0n) is 63.7. The standard InChI is InChI=1S/C17H16F6N4O2.C12H14ClF3N2O2.C11H14BF3N2O2.C11H7F6N5.C7H13BF2O2.C5HCl2F3N2.ClH.K.H/c1-15(2,3)29-12(28)5-4-10-6-11(27-14(26-10)17(21,22)23)9-7-24-13(25-8-9)16(18,19)20;1-11(2,3)20-9(19)5-4-7-6-8(13)18-10(17-7)12(14,15)16;1-9(2)10(3,4)19-12(18-9)7-5-16-8(17-6-7)11(13,14)15;12-10(13,14)8-19-3-5(4-20-8)7-1-6(2-18)21-9(22-7)11(15,16)17;1-7(2,3)12-6(11)4-5-8(9)10;6-2-1-3(7)12-4(11-2)5(8,9)10;;;/h6-8H,4-5H2,1-3H3;6H,4-5H2,1-3H3;5-6H,1-4H3;1,3-4H,2,18H2;4-5H2,1-3H3;1H;1H;;/q;;;;;;;+1;-1. The predicted octanol–water partition coefficient (Wildman–Crippen LogP) is 14.4. The van der Waals surface area contributed by atoms with Crippen LogP contribution in [-0.4, -0.2) is 130 Å². The molecule has 7 aromatic rings. The molecule has 1 aliphatic heterocycles. The molecule has 0 saturated carbocycles. The first-order valence-electron chi connectivity index (χ1n) is 31.9. The van der Waals surface area contributed by atoms with E-state index in [2.05, 4.69) is 69.8 Å². The molecule has 0 amide bonds. The van der Waals surface area contributed by atoms with Gasteiger partial charge in [0.05, 0.1) is 41.1 Å². The number of hydrogen-bond donors (Lipinski definition) is 1. The van der Waals surface area contributed by atoms with Gasteiger partial charge in [-0.15, -0.1) is 12.4 Å². The minimum atomic E-state index is -4.90. The summed E-state index contributed by atoms with van der Waals surface area (Å²) in [6.07, 6.45) is -29.2. The number of nitrogens with zero attached hydrogens (tertiary/aromatic N) is 14. The molecular formula is C63H67B2Cl4F23KN15O8. The molecule has 1 saturated heterocycles. The van der Waals surface area contributed by atoms with E-state index in [1.54, 1.807) is 62.3 Å². The maximum Gasteiger partial charge on any atom is 1.00 e. The molecule has 0 unspecified atom stereocenters. The van der Waals surface area contributed by atoms with Crippen molar-refractivity contribution in [2.75, 3.05) is 0 Å². The molecule has 2 N–H and O–H groups in total. The molecule has 638 valence electrons. The van der Waals surface area contributed by atoms with Gasteiger partial charge in [-0.05, 0) is 108 Å². The van der Waals surface area contributed by atoms with E-state index in [1.807, 2.05) is 27.7 Å². The number of alkyl halides is 21. The fourth-order valence-corrected chi connectivity index (χ4v) is 8.31. The van der Waals surface area contributed by atoms with Crippen LogP contribution in [-0.2, 0) is 101 Å². The molecule has 1 fully saturated rings. The van der Waals surface area contributed by atoms with Crippen LogP contribution in [0.1, 0.15) is 169 Å². The number of esters is 3. The Morgan fingerprint density at radius 2 is 0.672 bits per heavy atom. The summed E-state index contributed by atoms with van der Waals surface area (Å²) in [7, 11) is -3.19. The molecule has 0 atom stereocenters. The third kappa shape index (κ3) is 38.9. The van der Waals surface area contributed by atoms with Crippen molar-refractivity contribution < 1.29 is 192 Å². The Hall–Kier alpha value is -6.83. The van der Waals surface area contributed by atoms with Gasteiger partial charge >= 0.3 is 127 Å². The number of hydrogen-bond acceptors (Lipinski definition) is 23. The fourth-order valence-electron chi connectivity index (χ4n) is 7.68. The van der Waals surface area contributed by atoms with Crippen molar-refractivity contribution in [1.82, 2.24) is 69.8 Å². The van der Waals surface area contributed by atoms with Crippen LogP contribution in [0.25, 0.3) is 22.5 Å². The Morgan fingerprint density at radius 3 is 0.966 bits per heavy atom. The number of aromatic nitrogens is 14. The van der Waals surface area contributed by atoms with Crippen LogP contribution >= 0.6 is 47.2 Å². The van der Waals surface area contributed by atoms with Gasteiger partial charge in [0.25, 0.3) is 0 Å². The zero-order chi connectivity index (χ0) is 87.7. The number of nitrogens with two attached hydrogens (primary N) is 1. The van der Waals surface area contributed by atoms with Crippen molar-refractivity contribution in [2.45, 2.75) is 206 Å². The van der Waals surface area contributed by atoms with E-state index in [9.17, 15) is 115 Å². The van der Waals surface area contributed by atoms with E-state index in [1.165, 1.54) is 6.07 Å². The van der Waals surface area contributed by atoms with Crippen LogP contribution < -0.4 is 62.6 Å². The van der Waals surface area contributed by atoms with Crippen molar-refractivity contribution in [1.29, 1.82) is 0 Å². The number of carbonyl (C=O) groups excluding carboxylic acids is 3. The summed E-state index contributed by atoms with van der Waals surface area (Å²) in [6, 6.07) is 4.48. The zero-order valence-corrected chi connectivity index (χ0v) is 68.9. The van der Waals surface area contributed by atoms with E-state index < -0.39 is 151 Å². The molecule has 0 aromatic carbocycles. The third-order valence-electron chi connectivity index (χ3n) is 13.0. The molecule has 23 nitrogen and oxygen atoms in total. The van der Waals surface area contributed by atoms with Crippen LogP contribution in [0.2, 0.25) is 21.8 Å². The smallest absolute Gasteiger partial charge is 1.00 e. The Kier molecular flexibility index (Phi) is 39.6. The number of halogens is 27. The monoisotopic (exact) mass is 1800 g/mol. The molecule has 0 radical (unpaired) electrons. The summed E-state index contributed by atoms with van der Waals surface area (Å²) in [5, 5.41) is -0.976. The number of carbonyl (C=O) groups is 3. The van der Waals surface area contributed by atoms with Gasteiger partial charge in [-0.1, -0.05) is 34.8 Å². The van der Waals surface area contributed by atoms with Crippen LogP contribution in [0.15, 0.2) is 61.4 Å². The fraction of sp³-hybridized carbons (Fsp3) is 0.508. The molecule has 0 aliphatic carbocycles. The van der Waals surface area contributed by atoms with Crippen LogP contribution in [0, 0.1) is 0 Å². The first-order valence-corrected chi connectivity index (χ1v) is 33.1. The van der Waals surface area contributed by atoms with Crippen LogP contribution in [0.4, 0.5) is 101 Å². The molecule has 8 heterocycles. The first kappa shape index (κ1) is 107. The van der Waals surface area contributed by atoms with Crippen molar-refractivity contribution in [3.05, 3.63) is 135 Å². The first-order chi connectivity index (χ1) is 51.5. The van der Waals surface area contributed by atoms with Gasteiger partial charge < -0.3 is 30.7 Å². The van der Waals surface area contributed by atoms with Gasteiger partial charge in [-0.25, -0.2) is 69.8 Å². The molecule has 7 aromatic heterocycles. The SMILES string of the molecule is CC(C)(C)OC(=O)CCB(F)F.CC(C)(C)OC(=O)CCc1cc(-c2cnc(C(F)(F)F)nc2)nc(C(F)(F)F)n1.CC(C)(C)OC(=O)CCc1cc(Cl)nc(C(F)(F)F)n1.CC1(C)OB(c2cnc(C(F)(F)F)nc2)OC1(C)C.Cl.FC(F)(F)c1nc(Cl)cc(Cl)n1.NCc1cc(-c2cnc(C(F)(F)F)nc2)nc(C(F)(F)F)n1.[H-].[K+]. The minimum Gasteiger partial charge on any atom is -1.00 e. The van der Waals surface area contributed by atoms with Crippen LogP contribution in [0.5, 0.6) is 0 Å². The van der Waals surface area contributed by atoms with Gasteiger partial charge in [0, 0.05) is 103 Å². The van der Waals surface area contributed by atoms with Gasteiger partial charge in [-0.2, -0.15) is 92.2 Å². The third-order valence-corrected chi connectivity index (χ3v) is 13.6. The van der Waals surface area contributed by atoms with E-state index in [0.29, 0.717) is 5.46 Å². The van der Waals surface area contributed by atoms with Crippen molar-refractivity contribution in [2.24, 2.45) is 5.73 Å². The van der Waals surface area contributed by atoms with E-state index in [4.69, 9.17) is 64.1 Å².